The fraction of sp³-hybridized carbons (Fsp3) is 0.294. The molecule has 0 aromatic heterocycles. The van der Waals surface area contributed by atoms with E-state index >= 15 is 0 Å². The molecule has 0 spiro atoms. The summed E-state index contributed by atoms with van der Waals surface area (Å²) in [5.74, 6) is 0.933. The van der Waals surface area contributed by atoms with Crippen LogP contribution in [0.5, 0.6) is 5.75 Å². The first-order valence-corrected chi connectivity index (χ1v) is 7.50. The Morgan fingerprint density at radius 2 is 1.95 bits per heavy atom. The standard InChI is InChI=1S/C17H18ClNO2/c18-13-7-5-12(6-8-13)16(20)11-19-15-9-10-21-17-4-2-1-3-14(15)17/h1-8,15-16,19-20H,9-11H2. The van der Waals surface area contributed by atoms with Crippen LogP contribution in [0.2, 0.25) is 5.02 Å². The number of ether oxygens (including phenoxy) is 1. The highest BCUT2D eigenvalue weighted by Gasteiger charge is 2.21. The molecule has 0 fully saturated rings. The summed E-state index contributed by atoms with van der Waals surface area (Å²) >= 11 is 5.86. The third-order valence-corrected chi connectivity index (χ3v) is 4.02. The first-order chi connectivity index (χ1) is 10.2. The molecule has 3 rings (SSSR count). The van der Waals surface area contributed by atoms with Gasteiger partial charge in [0.15, 0.2) is 0 Å². The maximum atomic E-state index is 10.3. The Labute approximate surface area is 129 Å². The lowest BCUT2D eigenvalue weighted by Gasteiger charge is -2.27. The normalized spacial score (nSPS) is 18.7. The summed E-state index contributed by atoms with van der Waals surface area (Å²) in [6.45, 7) is 1.20. The minimum absolute atomic E-state index is 0.219. The van der Waals surface area contributed by atoms with Gasteiger partial charge in [0, 0.05) is 29.6 Å². The predicted molar refractivity (Wildman–Crippen MR) is 83.7 cm³/mol. The van der Waals surface area contributed by atoms with Gasteiger partial charge >= 0.3 is 0 Å². The van der Waals surface area contributed by atoms with Crippen LogP contribution in [-0.4, -0.2) is 18.3 Å². The molecule has 0 aliphatic carbocycles. The quantitative estimate of drug-likeness (QED) is 0.908. The molecule has 1 aliphatic heterocycles. The molecule has 2 unspecified atom stereocenters. The molecule has 0 saturated heterocycles. The fourth-order valence-corrected chi connectivity index (χ4v) is 2.74. The Hall–Kier alpha value is -1.55. The van der Waals surface area contributed by atoms with Gasteiger partial charge < -0.3 is 15.2 Å². The van der Waals surface area contributed by atoms with Gasteiger partial charge in [0.05, 0.1) is 12.7 Å². The summed E-state index contributed by atoms with van der Waals surface area (Å²) < 4.78 is 5.64. The van der Waals surface area contributed by atoms with Gasteiger partial charge in [-0.25, -0.2) is 0 Å². The molecule has 2 aromatic carbocycles. The van der Waals surface area contributed by atoms with Crippen LogP contribution in [0.4, 0.5) is 0 Å². The Bertz CT molecular complexity index is 600. The lowest BCUT2D eigenvalue weighted by Crippen LogP contribution is -2.30. The minimum Gasteiger partial charge on any atom is -0.493 e. The number of hydrogen-bond donors (Lipinski definition) is 2. The van der Waals surface area contributed by atoms with Gasteiger partial charge in [0.1, 0.15) is 5.75 Å². The second-order valence-electron chi connectivity index (χ2n) is 5.20. The van der Waals surface area contributed by atoms with Crippen molar-refractivity contribution in [2.24, 2.45) is 0 Å². The van der Waals surface area contributed by atoms with Crippen molar-refractivity contribution >= 4 is 11.6 Å². The first kappa shape index (κ1) is 14.4. The molecule has 2 atom stereocenters. The molecule has 2 N–H and O–H groups in total. The summed E-state index contributed by atoms with van der Waals surface area (Å²) in [7, 11) is 0. The van der Waals surface area contributed by atoms with E-state index in [0.717, 1.165) is 23.3 Å². The highest BCUT2D eigenvalue weighted by molar-refractivity contribution is 6.30. The Balaban J connectivity index is 1.64. The predicted octanol–water partition coefficient (Wildman–Crippen LogP) is 3.49. The Morgan fingerprint density at radius 1 is 1.19 bits per heavy atom. The van der Waals surface area contributed by atoms with E-state index in [0.29, 0.717) is 18.2 Å². The van der Waals surface area contributed by atoms with E-state index < -0.39 is 6.10 Å². The molecular weight excluding hydrogens is 286 g/mol. The van der Waals surface area contributed by atoms with Crippen molar-refractivity contribution in [1.82, 2.24) is 5.32 Å². The fourth-order valence-electron chi connectivity index (χ4n) is 2.61. The van der Waals surface area contributed by atoms with E-state index in [9.17, 15) is 5.11 Å². The molecule has 0 bridgehead atoms. The van der Waals surface area contributed by atoms with Crippen LogP contribution in [-0.2, 0) is 0 Å². The van der Waals surface area contributed by atoms with E-state index in [1.165, 1.54) is 0 Å². The third kappa shape index (κ3) is 3.38. The van der Waals surface area contributed by atoms with Crippen molar-refractivity contribution in [2.45, 2.75) is 18.6 Å². The zero-order valence-electron chi connectivity index (χ0n) is 11.6. The number of para-hydroxylation sites is 1. The lowest BCUT2D eigenvalue weighted by atomic mass is 10.00. The number of fused-ring (bicyclic) bond motifs is 1. The summed E-state index contributed by atoms with van der Waals surface area (Å²) in [5, 5.41) is 14.4. The SMILES string of the molecule is OC(CNC1CCOc2ccccc21)c1ccc(Cl)cc1. The van der Waals surface area contributed by atoms with Crippen LogP contribution in [0.15, 0.2) is 48.5 Å². The maximum absolute atomic E-state index is 10.3. The van der Waals surface area contributed by atoms with Crippen LogP contribution in [0.1, 0.15) is 29.7 Å². The van der Waals surface area contributed by atoms with E-state index in [-0.39, 0.29) is 6.04 Å². The Kier molecular flexibility index (Phi) is 4.44. The molecule has 1 heterocycles. The van der Waals surface area contributed by atoms with Crippen molar-refractivity contribution in [2.75, 3.05) is 13.2 Å². The molecule has 21 heavy (non-hydrogen) atoms. The largest absolute Gasteiger partial charge is 0.493 e. The van der Waals surface area contributed by atoms with Gasteiger partial charge in [-0.2, -0.15) is 0 Å². The highest BCUT2D eigenvalue weighted by Crippen LogP contribution is 2.31. The van der Waals surface area contributed by atoms with Crippen LogP contribution >= 0.6 is 11.6 Å². The zero-order chi connectivity index (χ0) is 14.7. The van der Waals surface area contributed by atoms with Crippen molar-refractivity contribution in [3.8, 4) is 5.75 Å². The van der Waals surface area contributed by atoms with Gasteiger partial charge in [-0.05, 0) is 23.8 Å². The molecule has 110 valence electrons. The molecule has 0 radical (unpaired) electrons. The number of nitrogens with one attached hydrogen (secondary N) is 1. The summed E-state index contributed by atoms with van der Waals surface area (Å²) in [4.78, 5) is 0. The smallest absolute Gasteiger partial charge is 0.124 e. The Morgan fingerprint density at radius 3 is 2.76 bits per heavy atom. The van der Waals surface area contributed by atoms with E-state index in [1.54, 1.807) is 12.1 Å². The van der Waals surface area contributed by atoms with E-state index in [4.69, 9.17) is 16.3 Å². The number of aliphatic hydroxyl groups is 1. The van der Waals surface area contributed by atoms with Gasteiger partial charge in [-0.15, -0.1) is 0 Å². The second-order valence-corrected chi connectivity index (χ2v) is 5.64. The van der Waals surface area contributed by atoms with Gasteiger partial charge in [0.2, 0.25) is 0 Å². The average Bonchev–Trinajstić information content (AvgIpc) is 2.53. The van der Waals surface area contributed by atoms with Crippen molar-refractivity contribution in [1.29, 1.82) is 0 Å². The van der Waals surface area contributed by atoms with Crippen LogP contribution < -0.4 is 10.1 Å². The summed E-state index contributed by atoms with van der Waals surface area (Å²) in [5.41, 5.74) is 2.03. The van der Waals surface area contributed by atoms with Crippen LogP contribution in [0.3, 0.4) is 0 Å². The lowest BCUT2D eigenvalue weighted by molar-refractivity contribution is 0.162. The zero-order valence-corrected chi connectivity index (χ0v) is 12.4. The number of rotatable bonds is 4. The number of benzene rings is 2. The van der Waals surface area contributed by atoms with Gasteiger partial charge in [-0.1, -0.05) is 41.9 Å². The monoisotopic (exact) mass is 303 g/mol. The van der Waals surface area contributed by atoms with Crippen LogP contribution in [0.25, 0.3) is 0 Å². The van der Waals surface area contributed by atoms with Crippen molar-refractivity contribution in [3.05, 3.63) is 64.7 Å². The van der Waals surface area contributed by atoms with Gasteiger partial charge in [-0.3, -0.25) is 0 Å². The van der Waals surface area contributed by atoms with Crippen LogP contribution in [0, 0.1) is 0 Å². The summed E-state index contributed by atoms with van der Waals surface area (Å²) in [6.07, 6.45) is 0.363. The average molecular weight is 304 g/mol. The first-order valence-electron chi connectivity index (χ1n) is 7.12. The molecular formula is C17H18ClNO2. The third-order valence-electron chi connectivity index (χ3n) is 3.77. The summed E-state index contributed by atoms with van der Waals surface area (Å²) in [6, 6.07) is 15.6. The molecule has 0 saturated carbocycles. The molecule has 1 aliphatic rings. The minimum atomic E-state index is -0.544. The maximum Gasteiger partial charge on any atom is 0.124 e. The topological polar surface area (TPSA) is 41.5 Å². The van der Waals surface area contributed by atoms with E-state index in [1.807, 2.05) is 30.3 Å². The number of aliphatic hydroxyl groups excluding tert-OH is 1. The molecule has 2 aromatic rings. The number of halogens is 1. The number of hydrogen-bond acceptors (Lipinski definition) is 3. The highest BCUT2D eigenvalue weighted by atomic mass is 35.5. The van der Waals surface area contributed by atoms with Crippen molar-refractivity contribution in [3.63, 3.8) is 0 Å². The molecule has 3 nitrogen and oxygen atoms in total. The molecule has 0 amide bonds. The molecule has 4 heteroatoms. The van der Waals surface area contributed by atoms with Gasteiger partial charge in [0.25, 0.3) is 0 Å². The van der Waals surface area contributed by atoms with E-state index in [2.05, 4.69) is 11.4 Å². The van der Waals surface area contributed by atoms with Crippen molar-refractivity contribution < 1.29 is 9.84 Å². The second kappa shape index (κ2) is 6.48.